The molecule has 1 nitrogen and oxygen atoms in total. The van der Waals surface area contributed by atoms with Gasteiger partial charge in [-0.1, -0.05) is 24.6 Å². The molecule has 0 aliphatic carbocycles. The van der Waals surface area contributed by atoms with Crippen molar-refractivity contribution in [3.05, 3.63) is 22.9 Å². The first-order chi connectivity index (χ1) is 4.16. The summed E-state index contributed by atoms with van der Waals surface area (Å²) in [4.78, 5) is 0. The SMILES string of the molecule is CC/C=C(Cl)\C=C(/C)N. The van der Waals surface area contributed by atoms with Crippen molar-refractivity contribution in [2.75, 3.05) is 0 Å². The quantitative estimate of drug-likeness (QED) is 0.594. The van der Waals surface area contributed by atoms with E-state index in [0.29, 0.717) is 0 Å². The summed E-state index contributed by atoms with van der Waals surface area (Å²) in [5.74, 6) is 0. The zero-order valence-electron chi connectivity index (χ0n) is 5.82. The third-order valence-electron chi connectivity index (χ3n) is 0.765. The van der Waals surface area contributed by atoms with Gasteiger partial charge in [0.1, 0.15) is 0 Å². The Labute approximate surface area is 61.2 Å². The molecule has 52 valence electrons. The molecule has 0 fully saturated rings. The van der Waals surface area contributed by atoms with Crippen molar-refractivity contribution < 1.29 is 0 Å². The number of allylic oxidation sites excluding steroid dienone is 4. The Hall–Kier alpha value is -0.430. The highest BCUT2D eigenvalue weighted by atomic mass is 35.5. The minimum absolute atomic E-state index is 0.720. The second-order valence-electron chi connectivity index (χ2n) is 1.89. The molecule has 0 aromatic rings. The summed E-state index contributed by atoms with van der Waals surface area (Å²) in [6, 6.07) is 0. The van der Waals surface area contributed by atoms with E-state index in [4.69, 9.17) is 17.3 Å². The molecule has 2 N–H and O–H groups in total. The molecule has 0 aromatic heterocycles. The second kappa shape index (κ2) is 4.45. The van der Waals surface area contributed by atoms with E-state index in [1.807, 2.05) is 19.9 Å². The molecular weight excluding hydrogens is 134 g/mol. The van der Waals surface area contributed by atoms with Crippen LogP contribution in [0.25, 0.3) is 0 Å². The molecule has 0 rings (SSSR count). The molecule has 0 aromatic carbocycles. The molecule has 0 saturated carbocycles. The summed E-state index contributed by atoms with van der Waals surface area (Å²) in [5, 5.41) is 0.720. The lowest BCUT2D eigenvalue weighted by atomic mass is 10.3. The first kappa shape index (κ1) is 8.57. The summed E-state index contributed by atoms with van der Waals surface area (Å²) in [5.41, 5.74) is 6.10. The van der Waals surface area contributed by atoms with E-state index in [2.05, 4.69) is 0 Å². The standard InChI is InChI=1S/C7H12ClN/c1-3-4-7(8)5-6(2)9/h4-5H,3,9H2,1-2H3/b6-5+,7-4+. The van der Waals surface area contributed by atoms with Gasteiger partial charge in [0.2, 0.25) is 0 Å². The van der Waals surface area contributed by atoms with Crippen LogP contribution in [0.1, 0.15) is 20.3 Å². The van der Waals surface area contributed by atoms with Crippen molar-refractivity contribution in [2.45, 2.75) is 20.3 Å². The van der Waals surface area contributed by atoms with Crippen molar-refractivity contribution in [3.63, 3.8) is 0 Å². The lowest BCUT2D eigenvalue weighted by Gasteiger charge is -1.88. The number of hydrogen-bond donors (Lipinski definition) is 1. The van der Waals surface area contributed by atoms with Gasteiger partial charge in [-0.2, -0.15) is 0 Å². The number of rotatable bonds is 2. The second-order valence-corrected chi connectivity index (χ2v) is 2.32. The minimum atomic E-state index is 0.720. The molecule has 0 aliphatic rings. The van der Waals surface area contributed by atoms with E-state index in [0.717, 1.165) is 17.2 Å². The Balaban J connectivity index is 3.90. The van der Waals surface area contributed by atoms with Crippen LogP contribution in [0.2, 0.25) is 0 Å². The Morgan fingerprint density at radius 3 is 2.56 bits per heavy atom. The van der Waals surface area contributed by atoms with Crippen molar-refractivity contribution in [3.8, 4) is 0 Å². The fourth-order valence-corrected chi connectivity index (χ4v) is 0.798. The van der Waals surface area contributed by atoms with Crippen molar-refractivity contribution in [1.82, 2.24) is 0 Å². The Morgan fingerprint density at radius 1 is 1.67 bits per heavy atom. The molecule has 0 radical (unpaired) electrons. The van der Waals surface area contributed by atoms with Crippen LogP contribution >= 0.6 is 11.6 Å². The summed E-state index contributed by atoms with van der Waals surface area (Å²) in [7, 11) is 0. The van der Waals surface area contributed by atoms with Gasteiger partial charge >= 0.3 is 0 Å². The average molecular weight is 146 g/mol. The Morgan fingerprint density at radius 2 is 2.22 bits per heavy atom. The lowest BCUT2D eigenvalue weighted by molar-refractivity contribution is 1.21. The van der Waals surface area contributed by atoms with Crippen LogP contribution in [0, 0.1) is 0 Å². The van der Waals surface area contributed by atoms with Crippen LogP contribution in [-0.2, 0) is 0 Å². The third kappa shape index (κ3) is 5.44. The lowest BCUT2D eigenvalue weighted by Crippen LogP contribution is -1.88. The van der Waals surface area contributed by atoms with E-state index >= 15 is 0 Å². The highest BCUT2D eigenvalue weighted by Crippen LogP contribution is 2.05. The largest absolute Gasteiger partial charge is 0.402 e. The number of nitrogens with two attached hydrogens (primary N) is 1. The zero-order valence-corrected chi connectivity index (χ0v) is 6.57. The Bertz CT molecular complexity index is 132. The maximum absolute atomic E-state index is 5.68. The predicted molar refractivity (Wildman–Crippen MR) is 42.2 cm³/mol. The van der Waals surface area contributed by atoms with Gasteiger partial charge in [-0.3, -0.25) is 0 Å². The smallest absolute Gasteiger partial charge is 0.0383 e. The molecule has 0 spiro atoms. The van der Waals surface area contributed by atoms with E-state index in [1.54, 1.807) is 6.08 Å². The van der Waals surface area contributed by atoms with E-state index in [1.165, 1.54) is 0 Å². The summed E-state index contributed by atoms with van der Waals surface area (Å²) in [6.45, 7) is 3.84. The van der Waals surface area contributed by atoms with Crippen LogP contribution in [0.3, 0.4) is 0 Å². The van der Waals surface area contributed by atoms with Gasteiger partial charge in [0.25, 0.3) is 0 Å². The molecule has 0 bridgehead atoms. The summed E-state index contributed by atoms with van der Waals surface area (Å²) < 4.78 is 0. The molecular formula is C7H12ClN. The summed E-state index contributed by atoms with van der Waals surface area (Å²) in [6.07, 6.45) is 4.60. The van der Waals surface area contributed by atoms with Gasteiger partial charge in [-0.15, -0.1) is 0 Å². The van der Waals surface area contributed by atoms with Gasteiger partial charge in [-0.25, -0.2) is 0 Å². The maximum Gasteiger partial charge on any atom is 0.0383 e. The van der Waals surface area contributed by atoms with Crippen LogP contribution in [0.5, 0.6) is 0 Å². The first-order valence-corrected chi connectivity index (χ1v) is 3.34. The van der Waals surface area contributed by atoms with Crippen LogP contribution in [0.15, 0.2) is 22.9 Å². The zero-order chi connectivity index (χ0) is 7.28. The summed E-state index contributed by atoms with van der Waals surface area (Å²) >= 11 is 5.68. The van der Waals surface area contributed by atoms with E-state index in [9.17, 15) is 0 Å². The molecule has 0 saturated heterocycles. The molecule has 0 atom stereocenters. The monoisotopic (exact) mass is 145 g/mol. The topological polar surface area (TPSA) is 26.0 Å². The van der Waals surface area contributed by atoms with Crippen molar-refractivity contribution >= 4 is 11.6 Å². The van der Waals surface area contributed by atoms with Crippen molar-refractivity contribution in [1.29, 1.82) is 0 Å². The minimum Gasteiger partial charge on any atom is -0.402 e. The van der Waals surface area contributed by atoms with Gasteiger partial charge < -0.3 is 5.73 Å². The molecule has 0 amide bonds. The number of hydrogen-bond acceptors (Lipinski definition) is 1. The number of halogens is 1. The van der Waals surface area contributed by atoms with Crippen molar-refractivity contribution in [2.24, 2.45) is 5.73 Å². The molecule has 0 unspecified atom stereocenters. The fraction of sp³-hybridized carbons (Fsp3) is 0.429. The predicted octanol–water partition coefficient (Wildman–Crippen LogP) is 2.38. The van der Waals surface area contributed by atoms with Crippen LogP contribution < -0.4 is 5.73 Å². The molecule has 0 heterocycles. The Kier molecular flexibility index (Phi) is 4.24. The van der Waals surface area contributed by atoms with Crippen LogP contribution in [-0.4, -0.2) is 0 Å². The highest BCUT2D eigenvalue weighted by Gasteiger charge is 1.82. The average Bonchev–Trinajstić information content (AvgIpc) is 1.63. The normalized spacial score (nSPS) is 14.1. The molecule has 0 aliphatic heterocycles. The van der Waals surface area contributed by atoms with Gasteiger partial charge in [0, 0.05) is 10.7 Å². The van der Waals surface area contributed by atoms with Crippen LogP contribution in [0.4, 0.5) is 0 Å². The van der Waals surface area contributed by atoms with Gasteiger partial charge in [0.15, 0.2) is 0 Å². The third-order valence-corrected chi connectivity index (χ3v) is 1.03. The highest BCUT2D eigenvalue weighted by molar-refractivity contribution is 6.31. The maximum atomic E-state index is 5.68. The molecule has 9 heavy (non-hydrogen) atoms. The van der Waals surface area contributed by atoms with E-state index in [-0.39, 0.29) is 0 Å². The molecule has 2 heteroatoms. The fourth-order valence-electron chi connectivity index (χ4n) is 0.471. The van der Waals surface area contributed by atoms with Gasteiger partial charge in [0.05, 0.1) is 0 Å². The first-order valence-electron chi connectivity index (χ1n) is 2.96. The van der Waals surface area contributed by atoms with Gasteiger partial charge in [-0.05, 0) is 19.4 Å². The van der Waals surface area contributed by atoms with E-state index < -0.39 is 0 Å².